The summed E-state index contributed by atoms with van der Waals surface area (Å²) in [5.74, 6) is 0.365. The Labute approximate surface area is 88.9 Å². The molecule has 1 heterocycles. The molecule has 0 aliphatic rings. The fourth-order valence-corrected chi connectivity index (χ4v) is 0.972. The Morgan fingerprint density at radius 2 is 2.27 bits per heavy atom. The molecule has 15 heavy (non-hydrogen) atoms. The lowest BCUT2D eigenvalue weighted by molar-refractivity contribution is -0.117. The molecule has 0 bridgehead atoms. The number of hydrogen-bond acceptors (Lipinski definition) is 4. The zero-order valence-corrected chi connectivity index (χ0v) is 8.99. The third-order valence-electron chi connectivity index (χ3n) is 1.73. The van der Waals surface area contributed by atoms with Crippen molar-refractivity contribution in [2.45, 2.75) is 20.3 Å². The number of hydrogen-bond donors (Lipinski definition) is 1. The summed E-state index contributed by atoms with van der Waals surface area (Å²) >= 11 is 0. The maximum Gasteiger partial charge on any atom is 0.227 e. The van der Waals surface area contributed by atoms with Gasteiger partial charge in [-0.2, -0.15) is 0 Å². The average Bonchev–Trinajstić information content (AvgIpc) is 2.22. The maximum atomic E-state index is 11.3. The zero-order chi connectivity index (χ0) is 11.1. The predicted octanol–water partition coefficient (Wildman–Crippen LogP) is 1.15. The topological polar surface area (TPSA) is 64.1 Å². The summed E-state index contributed by atoms with van der Waals surface area (Å²) in [5, 5.41) is 2.64. The summed E-state index contributed by atoms with van der Waals surface area (Å²) in [7, 11) is 0. The summed E-state index contributed by atoms with van der Waals surface area (Å²) in [5.41, 5.74) is 0.822. The summed E-state index contributed by atoms with van der Waals surface area (Å²) in [6, 6.07) is 0. The molecule has 1 amide bonds. The van der Waals surface area contributed by atoms with Crippen molar-refractivity contribution in [3.63, 3.8) is 0 Å². The zero-order valence-electron chi connectivity index (χ0n) is 8.99. The molecule has 1 aromatic rings. The second-order valence-electron chi connectivity index (χ2n) is 3.04. The molecule has 0 fully saturated rings. The largest absolute Gasteiger partial charge is 0.381 e. The van der Waals surface area contributed by atoms with Crippen LogP contribution in [0, 0.1) is 6.92 Å². The van der Waals surface area contributed by atoms with Gasteiger partial charge >= 0.3 is 0 Å². The number of aromatic nitrogens is 2. The summed E-state index contributed by atoms with van der Waals surface area (Å²) in [6.45, 7) is 4.79. The number of anilines is 1. The molecule has 0 aliphatic carbocycles. The van der Waals surface area contributed by atoms with Crippen LogP contribution in [0.1, 0.15) is 19.0 Å². The molecule has 82 valence electrons. The first-order valence-electron chi connectivity index (χ1n) is 4.88. The summed E-state index contributed by atoms with van der Waals surface area (Å²) in [6.07, 6.45) is 3.48. The Balaban J connectivity index is 2.34. The lowest BCUT2D eigenvalue weighted by atomic mass is 10.4. The van der Waals surface area contributed by atoms with Gasteiger partial charge in [-0.1, -0.05) is 0 Å². The minimum absolute atomic E-state index is 0.110. The first-order valence-corrected chi connectivity index (χ1v) is 4.88. The molecule has 1 rings (SSSR count). The molecule has 0 atom stereocenters. The van der Waals surface area contributed by atoms with E-state index in [-0.39, 0.29) is 5.91 Å². The van der Waals surface area contributed by atoms with Crippen molar-refractivity contribution in [1.29, 1.82) is 0 Å². The van der Waals surface area contributed by atoms with Gasteiger partial charge in [0.1, 0.15) is 0 Å². The van der Waals surface area contributed by atoms with Gasteiger partial charge in [-0.3, -0.25) is 9.78 Å². The number of amides is 1. The van der Waals surface area contributed by atoms with Gasteiger partial charge in [0, 0.05) is 6.61 Å². The highest BCUT2D eigenvalue weighted by molar-refractivity contribution is 5.89. The van der Waals surface area contributed by atoms with E-state index in [1.54, 1.807) is 6.20 Å². The lowest BCUT2D eigenvalue weighted by Gasteiger charge is -2.03. The van der Waals surface area contributed by atoms with Crippen LogP contribution in [-0.2, 0) is 9.53 Å². The second kappa shape index (κ2) is 6.08. The van der Waals surface area contributed by atoms with E-state index >= 15 is 0 Å². The van der Waals surface area contributed by atoms with E-state index in [1.165, 1.54) is 6.20 Å². The Kier molecular flexibility index (Phi) is 4.70. The van der Waals surface area contributed by atoms with Crippen LogP contribution in [0.3, 0.4) is 0 Å². The number of carbonyl (C=O) groups is 1. The van der Waals surface area contributed by atoms with Crippen molar-refractivity contribution in [2.75, 3.05) is 18.5 Å². The van der Waals surface area contributed by atoms with E-state index < -0.39 is 0 Å². The van der Waals surface area contributed by atoms with Gasteiger partial charge in [0.25, 0.3) is 0 Å². The van der Waals surface area contributed by atoms with Crippen LogP contribution < -0.4 is 5.32 Å². The number of carbonyl (C=O) groups excluding carboxylic acids is 1. The fourth-order valence-electron chi connectivity index (χ4n) is 0.972. The van der Waals surface area contributed by atoms with Crippen LogP contribution in [0.2, 0.25) is 0 Å². The van der Waals surface area contributed by atoms with Crippen LogP contribution in [0.25, 0.3) is 0 Å². The smallest absolute Gasteiger partial charge is 0.227 e. The predicted molar refractivity (Wildman–Crippen MR) is 56.5 cm³/mol. The Hall–Kier alpha value is -1.49. The van der Waals surface area contributed by atoms with Crippen LogP contribution in [0.15, 0.2) is 12.4 Å². The van der Waals surface area contributed by atoms with Crippen molar-refractivity contribution >= 4 is 11.7 Å². The van der Waals surface area contributed by atoms with Crippen LogP contribution in [0.4, 0.5) is 5.82 Å². The molecule has 0 radical (unpaired) electrons. The van der Waals surface area contributed by atoms with Gasteiger partial charge in [-0.25, -0.2) is 4.98 Å². The molecule has 1 aromatic heterocycles. The highest BCUT2D eigenvalue weighted by Crippen LogP contribution is 2.00. The average molecular weight is 209 g/mol. The second-order valence-corrected chi connectivity index (χ2v) is 3.04. The molecular formula is C10H15N3O2. The lowest BCUT2D eigenvalue weighted by Crippen LogP contribution is -2.15. The fraction of sp³-hybridized carbons (Fsp3) is 0.500. The van der Waals surface area contributed by atoms with Crippen molar-refractivity contribution in [3.05, 3.63) is 18.1 Å². The van der Waals surface area contributed by atoms with Crippen molar-refractivity contribution < 1.29 is 9.53 Å². The van der Waals surface area contributed by atoms with Gasteiger partial charge in [-0.05, 0) is 13.8 Å². The quantitative estimate of drug-likeness (QED) is 0.739. The van der Waals surface area contributed by atoms with Crippen molar-refractivity contribution in [2.24, 2.45) is 0 Å². The molecule has 1 N–H and O–H groups in total. The number of nitrogens with one attached hydrogen (secondary N) is 1. The van der Waals surface area contributed by atoms with Gasteiger partial charge < -0.3 is 10.1 Å². The Bertz CT molecular complexity index is 311. The minimum Gasteiger partial charge on any atom is -0.381 e. The molecule has 5 nitrogen and oxygen atoms in total. The third-order valence-corrected chi connectivity index (χ3v) is 1.73. The number of rotatable bonds is 5. The first-order chi connectivity index (χ1) is 7.22. The number of nitrogens with zero attached hydrogens (tertiary/aromatic N) is 2. The Morgan fingerprint density at radius 3 is 2.87 bits per heavy atom. The molecule has 0 aromatic carbocycles. The standard InChI is InChI=1S/C10H15N3O2/c1-3-15-5-4-10(14)13-9-7-11-8(2)6-12-9/h6-7H,3-5H2,1-2H3,(H,12,13,14). The van der Waals surface area contributed by atoms with Crippen LogP contribution in [-0.4, -0.2) is 29.1 Å². The van der Waals surface area contributed by atoms with E-state index in [9.17, 15) is 4.79 Å². The van der Waals surface area contributed by atoms with Gasteiger partial charge in [0.05, 0.1) is 31.1 Å². The molecule has 0 saturated heterocycles. The molecule has 0 aliphatic heterocycles. The number of aryl methyl sites for hydroxylation is 1. The van der Waals surface area contributed by atoms with Gasteiger partial charge in [-0.15, -0.1) is 0 Å². The first kappa shape index (κ1) is 11.6. The maximum absolute atomic E-state index is 11.3. The van der Waals surface area contributed by atoms with E-state index in [0.717, 1.165) is 5.69 Å². The van der Waals surface area contributed by atoms with E-state index in [2.05, 4.69) is 15.3 Å². The molecular weight excluding hydrogens is 194 g/mol. The SMILES string of the molecule is CCOCCC(=O)Nc1cnc(C)cn1. The van der Waals surface area contributed by atoms with Gasteiger partial charge in [0.15, 0.2) is 5.82 Å². The van der Waals surface area contributed by atoms with Crippen LogP contribution >= 0.6 is 0 Å². The third kappa shape index (κ3) is 4.51. The van der Waals surface area contributed by atoms with Crippen molar-refractivity contribution in [1.82, 2.24) is 9.97 Å². The Morgan fingerprint density at radius 1 is 1.47 bits per heavy atom. The highest BCUT2D eigenvalue weighted by Gasteiger charge is 2.02. The highest BCUT2D eigenvalue weighted by atomic mass is 16.5. The normalized spacial score (nSPS) is 10.0. The minimum atomic E-state index is -0.110. The summed E-state index contributed by atoms with van der Waals surface area (Å²) < 4.78 is 5.06. The monoisotopic (exact) mass is 209 g/mol. The van der Waals surface area contributed by atoms with Crippen molar-refractivity contribution in [3.8, 4) is 0 Å². The van der Waals surface area contributed by atoms with Gasteiger partial charge in [0.2, 0.25) is 5.91 Å². The molecule has 0 saturated carbocycles. The van der Waals surface area contributed by atoms with E-state index in [0.29, 0.717) is 25.5 Å². The summed E-state index contributed by atoms with van der Waals surface area (Å²) in [4.78, 5) is 19.3. The number of ether oxygens (including phenoxy) is 1. The molecule has 0 unspecified atom stereocenters. The van der Waals surface area contributed by atoms with E-state index in [4.69, 9.17) is 4.74 Å². The molecule has 5 heteroatoms. The van der Waals surface area contributed by atoms with Crippen LogP contribution in [0.5, 0.6) is 0 Å². The van der Waals surface area contributed by atoms with E-state index in [1.807, 2.05) is 13.8 Å². The molecule has 0 spiro atoms.